The van der Waals surface area contributed by atoms with Crippen molar-refractivity contribution in [3.8, 4) is 0 Å². The fourth-order valence-electron chi connectivity index (χ4n) is 2.98. The zero-order valence-electron chi connectivity index (χ0n) is 16.4. The van der Waals surface area contributed by atoms with Gasteiger partial charge in [-0.05, 0) is 31.0 Å². The van der Waals surface area contributed by atoms with Crippen molar-refractivity contribution in [3.05, 3.63) is 52.4 Å². The molecule has 0 fully saturated rings. The van der Waals surface area contributed by atoms with E-state index in [9.17, 15) is 19.2 Å². The first-order valence-corrected chi connectivity index (χ1v) is 9.28. The molecule has 0 bridgehead atoms. The molecule has 0 radical (unpaired) electrons. The van der Waals surface area contributed by atoms with E-state index in [0.717, 1.165) is 0 Å². The van der Waals surface area contributed by atoms with Crippen LogP contribution in [0.2, 0.25) is 0 Å². The van der Waals surface area contributed by atoms with E-state index in [0.29, 0.717) is 17.9 Å². The Morgan fingerprint density at radius 1 is 1.03 bits per heavy atom. The van der Waals surface area contributed by atoms with Crippen LogP contribution >= 0.6 is 0 Å². The second kappa shape index (κ2) is 8.26. The van der Waals surface area contributed by atoms with Gasteiger partial charge in [-0.1, -0.05) is 19.0 Å². The molecular weight excluding hydrogens is 376 g/mol. The van der Waals surface area contributed by atoms with Crippen LogP contribution in [0.25, 0.3) is 0 Å². The zero-order valence-corrected chi connectivity index (χ0v) is 16.4. The molecule has 0 unspecified atom stereocenters. The minimum atomic E-state index is -0.401. The van der Waals surface area contributed by atoms with Gasteiger partial charge in [0.1, 0.15) is 5.76 Å². The zero-order chi connectivity index (χ0) is 21.1. The molecule has 0 atom stereocenters. The normalized spacial score (nSPS) is 13.0. The van der Waals surface area contributed by atoms with Gasteiger partial charge in [-0.25, -0.2) is 0 Å². The number of carbonyl (C=O) groups excluding carboxylic acids is 4. The predicted molar refractivity (Wildman–Crippen MR) is 103 cm³/mol. The molecule has 2 heterocycles. The highest BCUT2D eigenvalue weighted by Gasteiger charge is 2.36. The summed E-state index contributed by atoms with van der Waals surface area (Å²) in [6.07, 6.45) is 0. The van der Waals surface area contributed by atoms with Crippen LogP contribution in [-0.2, 0) is 0 Å². The highest BCUT2D eigenvalue weighted by molar-refractivity contribution is 6.22. The summed E-state index contributed by atoms with van der Waals surface area (Å²) in [7, 11) is 0. The van der Waals surface area contributed by atoms with E-state index >= 15 is 0 Å². The molecule has 29 heavy (non-hydrogen) atoms. The quantitative estimate of drug-likeness (QED) is 0.537. The minimum Gasteiger partial charge on any atom is -0.361 e. The average Bonchev–Trinajstić information content (AvgIpc) is 3.22. The van der Waals surface area contributed by atoms with E-state index < -0.39 is 11.8 Å². The lowest BCUT2D eigenvalue weighted by atomic mass is 10.1. The molecule has 4 amide bonds. The standard InChI is InChI=1S/C20H22N4O5/c1-11(2)10-24-19(27)14-5-4-13(9-15(14)20(24)28)17(25)21-6-7-22-18(26)16-8-12(3)29-23-16/h4-5,8-9,11H,6-7,10H2,1-3H3,(H,21,25)(H,22,26). The van der Waals surface area contributed by atoms with Crippen LogP contribution in [0.1, 0.15) is 61.2 Å². The third-order valence-electron chi connectivity index (χ3n) is 4.34. The Labute approximate surface area is 167 Å². The van der Waals surface area contributed by atoms with Crippen LogP contribution in [0.15, 0.2) is 28.8 Å². The van der Waals surface area contributed by atoms with E-state index in [1.54, 1.807) is 6.92 Å². The highest BCUT2D eigenvalue weighted by Crippen LogP contribution is 2.24. The number of imide groups is 1. The van der Waals surface area contributed by atoms with E-state index in [1.807, 2.05) is 13.8 Å². The molecule has 0 spiro atoms. The lowest BCUT2D eigenvalue weighted by Crippen LogP contribution is -2.34. The first kappa shape index (κ1) is 20.2. The van der Waals surface area contributed by atoms with Crippen LogP contribution in [0.5, 0.6) is 0 Å². The van der Waals surface area contributed by atoms with E-state index in [2.05, 4.69) is 15.8 Å². The summed E-state index contributed by atoms with van der Waals surface area (Å²) in [6, 6.07) is 5.95. The molecule has 2 aromatic rings. The molecule has 0 aliphatic carbocycles. The van der Waals surface area contributed by atoms with Crippen LogP contribution in [0, 0.1) is 12.8 Å². The third-order valence-corrected chi connectivity index (χ3v) is 4.34. The Morgan fingerprint density at radius 2 is 1.69 bits per heavy atom. The molecule has 9 heteroatoms. The molecule has 9 nitrogen and oxygen atoms in total. The Hall–Kier alpha value is -3.49. The number of rotatable bonds is 7. The van der Waals surface area contributed by atoms with Crippen molar-refractivity contribution in [2.24, 2.45) is 5.92 Å². The van der Waals surface area contributed by atoms with Crippen LogP contribution in [-0.4, -0.2) is 53.3 Å². The summed E-state index contributed by atoms with van der Waals surface area (Å²) in [5.74, 6) is -0.846. The van der Waals surface area contributed by atoms with Gasteiger partial charge in [0, 0.05) is 31.3 Å². The molecule has 2 N–H and O–H groups in total. The number of nitrogens with one attached hydrogen (secondary N) is 2. The van der Waals surface area contributed by atoms with Gasteiger partial charge < -0.3 is 15.2 Å². The first-order valence-electron chi connectivity index (χ1n) is 9.28. The number of fused-ring (bicyclic) bond motifs is 1. The maximum atomic E-state index is 12.5. The summed E-state index contributed by atoms with van der Waals surface area (Å²) in [6.45, 7) is 6.24. The molecule has 0 saturated heterocycles. The first-order chi connectivity index (χ1) is 13.8. The van der Waals surface area contributed by atoms with Crippen molar-refractivity contribution < 1.29 is 23.7 Å². The predicted octanol–water partition coefficient (Wildman–Crippen LogP) is 1.39. The Kier molecular flexibility index (Phi) is 5.76. The van der Waals surface area contributed by atoms with Gasteiger partial charge in [0.05, 0.1) is 11.1 Å². The maximum absolute atomic E-state index is 12.5. The van der Waals surface area contributed by atoms with Crippen molar-refractivity contribution in [3.63, 3.8) is 0 Å². The number of hydrogen-bond donors (Lipinski definition) is 2. The van der Waals surface area contributed by atoms with Gasteiger partial charge in [0.25, 0.3) is 23.6 Å². The molecule has 1 aromatic heterocycles. The number of nitrogens with zero attached hydrogens (tertiary/aromatic N) is 2. The molecule has 1 aliphatic rings. The number of benzene rings is 1. The lowest BCUT2D eigenvalue weighted by molar-refractivity contribution is 0.0635. The number of amides is 4. The van der Waals surface area contributed by atoms with Gasteiger partial charge in [-0.2, -0.15) is 0 Å². The van der Waals surface area contributed by atoms with Gasteiger partial charge in [0.2, 0.25) is 0 Å². The Morgan fingerprint density at radius 3 is 2.31 bits per heavy atom. The second-order valence-electron chi connectivity index (χ2n) is 7.21. The number of hydrogen-bond acceptors (Lipinski definition) is 6. The van der Waals surface area contributed by atoms with Gasteiger partial charge >= 0.3 is 0 Å². The van der Waals surface area contributed by atoms with Gasteiger partial charge in [0.15, 0.2) is 5.69 Å². The fraction of sp³-hybridized carbons (Fsp3) is 0.350. The monoisotopic (exact) mass is 398 g/mol. The van der Waals surface area contributed by atoms with E-state index in [-0.39, 0.29) is 47.6 Å². The smallest absolute Gasteiger partial charge is 0.273 e. The molecule has 1 aliphatic heterocycles. The SMILES string of the molecule is Cc1cc(C(=O)NCCNC(=O)c2ccc3c(c2)C(=O)N(CC(C)C)C3=O)no1. The molecule has 3 rings (SSSR count). The van der Waals surface area contributed by atoms with Crippen molar-refractivity contribution >= 4 is 23.6 Å². The molecule has 152 valence electrons. The number of carbonyl (C=O) groups is 4. The number of aromatic nitrogens is 1. The average molecular weight is 398 g/mol. The Balaban J connectivity index is 1.56. The summed E-state index contributed by atoms with van der Waals surface area (Å²) in [5, 5.41) is 8.89. The third kappa shape index (κ3) is 4.34. The maximum Gasteiger partial charge on any atom is 0.273 e. The highest BCUT2D eigenvalue weighted by atomic mass is 16.5. The molecule has 1 aromatic carbocycles. The van der Waals surface area contributed by atoms with Crippen molar-refractivity contribution in [2.75, 3.05) is 19.6 Å². The van der Waals surface area contributed by atoms with Crippen LogP contribution in [0.4, 0.5) is 0 Å². The summed E-state index contributed by atoms with van der Waals surface area (Å²) < 4.78 is 4.83. The summed E-state index contributed by atoms with van der Waals surface area (Å²) in [4.78, 5) is 50.3. The lowest BCUT2D eigenvalue weighted by Gasteiger charge is -2.15. The van der Waals surface area contributed by atoms with Crippen LogP contribution in [0.3, 0.4) is 0 Å². The van der Waals surface area contributed by atoms with Crippen molar-refractivity contribution in [1.29, 1.82) is 0 Å². The Bertz CT molecular complexity index is 979. The fourth-order valence-corrected chi connectivity index (χ4v) is 2.98. The topological polar surface area (TPSA) is 122 Å². The summed E-state index contributed by atoms with van der Waals surface area (Å²) in [5.41, 5.74) is 0.983. The summed E-state index contributed by atoms with van der Waals surface area (Å²) >= 11 is 0. The largest absolute Gasteiger partial charge is 0.361 e. The van der Waals surface area contributed by atoms with E-state index in [4.69, 9.17) is 4.52 Å². The number of aryl methyl sites for hydroxylation is 1. The van der Waals surface area contributed by atoms with Gasteiger partial charge in [-0.15, -0.1) is 0 Å². The van der Waals surface area contributed by atoms with Crippen molar-refractivity contribution in [2.45, 2.75) is 20.8 Å². The van der Waals surface area contributed by atoms with E-state index in [1.165, 1.54) is 29.2 Å². The van der Waals surface area contributed by atoms with Gasteiger partial charge in [-0.3, -0.25) is 24.1 Å². The van der Waals surface area contributed by atoms with Crippen LogP contribution < -0.4 is 10.6 Å². The van der Waals surface area contributed by atoms with Crippen molar-refractivity contribution in [1.82, 2.24) is 20.7 Å². The molecular formula is C20H22N4O5. The molecule has 0 saturated carbocycles. The second-order valence-corrected chi connectivity index (χ2v) is 7.21. The minimum absolute atomic E-state index is 0.149.